The fraction of sp³-hybridized carbons (Fsp3) is 0.588. The van der Waals surface area contributed by atoms with Crippen molar-refractivity contribution in [2.45, 2.75) is 53.4 Å². The SMILES string of the molecule is Cc1cc(OCCCC(C)C)c(C(C)C)c2sc(N)nc12. The maximum absolute atomic E-state index is 6.09. The summed E-state index contributed by atoms with van der Waals surface area (Å²) in [6.07, 6.45) is 2.29. The number of benzene rings is 1. The number of thiazole rings is 1. The number of ether oxygens (including phenoxy) is 1. The van der Waals surface area contributed by atoms with E-state index in [0.717, 1.165) is 35.8 Å². The van der Waals surface area contributed by atoms with Gasteiger partial charge in [-0.25, -0.2) is 4.98 Å². The fourth-order valence-corrected chi connectivity index (χ4v) is 3.68. The third kappa shape index (κ3) is 3.67. The molecule has 0 atom stereocenters. The highest BCUT2D eigenvalue weighted by Crippen LogP contribution is 2.39. The molecule has 3 nitrogen and oxygen atoms in total. The van der Waals surface area contributed by atoms with E-state index >= 15 is 0 Å². The zero-order valence-electron chi connectivity index (χ0n) is 13.7. The minimum Gasteiger partial charge on any atom is -0.493 e. The number of nitrogens with zero attached hydrogens (tertiary/aromatic N) is 1. The predicted octanol–water partition coefficient (Wildman–Crippen LogP) is 5.13. The number of rotatable bonds is 6. The van der Waals surface area contributed by atoms with Gasteiger partial charge in [0.05, 0.1) is 16.8 Å². The highest BCUT2D eigenvalue weighted by molar-refractivity contribution is 7.22. The van der Waals surface area contributed by atoms with Crippen LogP contribution in [0.25, 0.3) is 10.2 Å². The van der Waals surface area contributed by atoms with Gasteiger partial charge in [0.25, 0.3) is 0 Å². The third-order valence-electron chi connectivity index (χ3n) is 3.64. The molecule has 2 rings (SSSR count). The molecule has 116 valence electrons. The van der Waals surface area contributed by atoms with Crippen molar-refractivity contribution >= 4 is 26.7 Å². The van der Waals surface area contributed by atoms with Crippen molar-refractivity contribution in [1.82, 2.24) is 4.98 Å². The largest absolute Gasteiger partial charge is 0.493 e. The van der Waals surface area contributed by atoms with E-state index in [4.69, 9.17) is 10.5 Å². The van der Waals surface area contributed by atoms with Crippen LogP contribution < -0.4 is 10.5 Å². The number of fused-ring (bicyclic) bond motifs is 1. The summed E-state index contributed by atoms with van der Waals surface area (Å²) in [6.45, 7) is 11.7. The van der Waals surface area contributed by atoms with Gasteiger partial charge in [0.2, 0.25) is 0 Å². The molecule has 21 heavy (non-hydrogen) atoms. The summed E-state index contributed by atoms with van der Waals surface area (Å²) >= 11 is 1.57. The average Bonchev–Trinajstić information content (AvgIpc) is 2.76. The molecular weight excluding hydrogens is 280 g/mol. The van der Waals surface area contributed by atoms with E-state index in [9.17, 15) is 0 Å². The van der Waals surface area contributed by atoms with E-state index in [2.05, 4.69) is 45.7 Å². The van der Waals surface area contributed by atoms with Crippen molar-refractivity contribution in [1.29, 1.82) is 0 Å². The smallest absolute Gasteiger partial charge is 0.181 e. The third-order valence-corrected chi connectivity index (χ3v) is 4.55. The lowest BCUT2D eigenvalue weighted by Crippen LogP contribution is -2.03. The van der Waals surface area contributed by atoms with Gasteiger partial charge in [-0.05, 0) is 43.2 Å². The van der Waals surface area contributed by atoms with Crippen molar-refractivity contribution in [3.8, 4) is 5.75 Å². The van der Waals surface area contributed by atoms with Crippen LogP contribution in [0.5, 0.6) is 5.75 Å². The second-order valence-electron chi connectivity index (χ2n) is 6.37. The Hall–Kier alpha value is -1.29. The average molecular weight is 306 g/mol. The van der Waals surface area contributed by atoms with Gasteiger partial charge in [-0.3, -0.25) is 0 Å². The van der Waals surface area contributed by atoms with Crippen LogP contribution in [0, 0.1) is 12.8 Å². The normalized spacial score (nSPS) is 11.8. The van der Waals surface area contributed by atoms with Gasteiger partial charge in [0.1, 0.15) is 5.75 Å². The first kappa shape index (κ1) is 16.1. The quantitative estimate of drug-likeness (QED) is 0.753. The van der Waals surface area contributed by atoms with E-state index < -0.39 is 0 Å². The zero-order valence-corrected chi connectivity index (χ0v) is 14.5. The predicted molar refractivity (Wildman–Crippen MR) is 92.4 cm³/mol. The Morgan fingerprint density at radius 3 is 2.62 bits per heavy atom. The fourth-order valence-electron chi connectivity index (χ4n) is 2.58. The molecule has 1 aromatic heterocycles. The van der Waals surface area contributed by atoms with Gasteiger partial charge in [-0.15, -0.1) is 0 Å². The van der Waals surface area contributed by atoms with Gasteiger partial charge >= 0.3 is 0 Å². The zero-order chi connectivity index (χ0) is 15.6. The Balaban J connectivity index is 2.31. The van der Waals surface area contributed by atoms with E-state index in [1.54, 1.807) is 11.3 Å². The molecule has 0 amide bonds. The highest BCUT2D eigenvalue weighted by atomic mass is 32.1. The monoisotopic (exact) mass is 306 g/mol. The summed E-state index contributed by atoms with van der Waals surface area (Å²) in [4.78, 5) is 4.46. The van der Waals surface area contributed by atoms with E-state index in [-0.39, 0.29) is 0 Å². The Morgan fingerprint density at radius 2 is 2.00 bits per heavy atom. The van der Waals surface area contributed by atoms with Crippen LogP contribution in [-0.2, 0) is 0 Å². The van der Waals surface area contributed by atoms with Gasteiger partial charge in [0.15, 0.2) is 5.13 Å². The molecule has 0 aliphatic carbocycles. The van der Waals surface area contributed by atoms with Crippen LogP contribution in [0.1, 0.15) is 57.6 Å². The lowest BCUT2D eigenvalue weighted by molar-refractivity contribution is 0.294. The Kier molecular flexibility index (Phi) is 5.09. The molecule has 0 spiro atoms. The Labute approximate surface area is 131 Å². The first-order chi connectivity index (χ1) is 9.90. The van der Waals surface area contributed by atoms with E-state index in [0.29, 0.717) is 11.0 Å². The van der Waals surface area contributed by atoms with E-state index in [1.165, 1.54) is 16.7 Å². The number of hydrogen-bond donors (Lipinski definition) is 1. The number of nitrogens with two attached hydrogens (primary N) is 1. The molecule has 0 saturated heterocycles. The molecule has 0 radical (unpaired) electrons. The first-order valence-electron chi connectivity index (χ1n) is 7.72. The molecule has 2 N–H and O–H groups in total. The minimum absolute atomic E-state index is 0.396. The van der Waals surface area contributed by atoms with Gasteiger partial charge in [-0.1, -0.05) is 39.0 Å². The summed E-state index contributed by atoms with van der Waals surface area (Å²) in [7, 11) is 0. The van der Waals surface area contributed by atoms with Gasteiger partial charge in [-0.2, -0.15) is 0 Å². The molecule has 0 aliphatic heterocycles. The van der Waals surface area contributed by atoms with Crippen molar-refractivity contribution in [3.05, 3.63) is 17.2 Å². The van der Waals surface area contributed by atoms with Gasteiger partial charge in [0, 0.05) is 5.56 Å². The standard InChI is InChI=1S/C17H26N2OS/c1-10(2)7-6-8-20-13-9-12(5)15-16(14(13)11(3)4)21-17(18)19-15/h9-11H,6-8H2,1-5H3,(H2,18,19). The second kappa shape index (κ2) is 6.65. The molecule has 1 aromatic carbocycles. The summed E-state index contributed by atoms with van der Waals surface area (Å²) in [5, 5.41) is 0.631. The van der Waals surface area contributed by atoms with Crippen molar-refractivity contribution in [2.24, 2.45) is 5.92 Å². The molecule has 1 heterocycles. The number of aryl methyl sites for hydroxylation is 1. The van der Waals surface area contributed by atoms with Crippen LogP contribution in [0.2, 0.25) is 0 Å². The lowest BCUT2D eigenvalue weighted by atomic mass is 9.99. The van der Waals surface area contributed by atoms with Crippen LogP contribution in [-0.4, -0.2) is 11.6 Å². The summed E-state index contributed by atoms with van der Waals surface area (Å²) in [5.41, 5.74) is 9.31. The molecule has 0 aliphatic rings. The molecule has 0 fully saturated rings. The number of aromatic nitrogens is 1. The van der Waals surface area contributed by atoms with Crippen molar-refractivity contribution in [3.63, 3.8) is 0 Å². The second-order valence-corrected chi connectivity index (χ2v) is 7.40. The summed E-state index contributed by atoms with van der Waals surface area (Å²) in [5.74, 6) is 2.12. The molecule has 4 heteroatoms. The molecule has 0 unspecified atom stereocenters. The Bertz CT molecular complexity index is 617. The Morgan fingerprint density at radius 1 is 1.29 bits per heavy atom. The maximum atomic E-state index is 6.09. The number of hydrogen-bond acceptors (Lipinski definition) is 4. The van der Waals surface area contributed by atoms with Crippen LogP contribution in [0.3, 0.4) is 0 Å². The molecular formula is C17H26N2OS. The van der Waals surface area contributed by atoms with Gasteiger partial charge < -0.3 is 10.5 Å². The molecule has 0 saturated carbocycles. The van der Waals surface area contributed by atoms with Crippen molar-refractivity contribution in [2.75, 3.05) is 12.3 Å². The highest BCUT2D eigenvalue weighted by Gasteiger charge is 2.18. The van der Waals surface area contributed by atoms with Crippen LogP contribution in [0.15, 0.2) is 6.07 Å². The van der Waals surface area contributed by atoms with Crippen LogP contribution in [0.4, 0.5) is 5.13 Å². The lowest BCUT2D eigenvalue weighted by Gasteiger charge is -2.16. The maximum Gasteiger partial charge on any atom is 0.181 e. The summed E-state index contributed by atoms with van der Waals surface area (Å²) in [6, 6.07) is 2.12. The summed E-state index contributed by atoms with van der Waals surface area (Å²) < 4.78 is 7.27. The topological polar surface area (TPSA) is 48.1 Å². The van der Waals surface area contributed by atoms with Crippen molar-refractivity contribution < 1.29 is 4.74 Å². The number of nitrogen functional groups attached to an aromatic ring is 1. The molecule has 0 bridgehead atoms. The molecule has 2 aromatic rings. The minimum atomic E-state index is 0.396. The number of anilines is 1. The van der Waals surface area contributed by atoms with Crippen LogP contribution >= 0.6 is 11.3 Å². The van der Waals surface area contributed by atoms with E-state index in [1.807, 2.05) is 0 Å². The first-order valence-corrected chi connectivity index (χ1v) is 8.54.